The van der Waals surface area contributed by atoms with Gasteiger partial charge in [0.15, 0.2) is 0 Å². The maximum absolute atomic E-state index is 13.3. The van der Waals surface area contributed by atoms with E-state index in [1.54, 1.807) is 28.8 Å². The fourth-order valence-corrected chi connectivity index (χ4v) is 4.43. The van der Waals surface area contributed by atoms with Crippen LogP contribution in [0.3, 0.4) is 0 Å². The lowest BCUT2D eigenvalue weighted by Gasteiger charge is -2.14. The van der Waals surface area contributed by atoms with Gasteiger partial charge < -0.3 is 4.40 Å². The summed E-state index contributed by atoms with van der Waals surface area (Å²) in [5.41, 5.74) is 1.23. The van der Waals surface area contributed by atoms with Crippen LogP contribution in [0, 0.1) is 0 Å². The summed E-state index contributed by atoms with van der Waals surface area (Å²) < 4.78 is 69.3. The number of nitrogens with one attached hydrogen (secondary N) is 1. The molecule has 0 radical (unpaired) electrons. The van der Waals surface area contributed by atoms with E-state index in [9.17, 15) is 21.6 Å². The molecule has 0 aliphatic carbocycles. The number of imidazole rings is 1. The van der Waals surface area contributed by atoms with E-state index in [1.165, 1.54) is 6.07 Å². The third-order valence-corrected chi connectivity index (χ3v) is 6.05. The quantitative estimate of drug-likeness (QED) is 0.506. The zero-order valence-electron chi connectivity index (χ0n) is 15.5. The van der Waals surface area contributed by atoms with E-state index < -0.39 is 26.7 Å². The molecule has 0 atom stereocenters. The van der Waals surface area contributed by atoms with E-state index in [4.69, 9.17) is 0 Å². The predicted octanol–water partition coefficient (Wildman–Crippen LogP) is 4.50. The number of hydrogen-bond donors (Lipinski definition) is 1. The first-order valence-corrected chi connectivity index (χ1v) is 10.4. The van der Waals surface area contributed by atoms with Gasteiger partial charge in [0.25, 0.3) is 0 Å². The lowest BCUT2D eigenvalue weighted by Crippen LogP contribution is -2.26. The van der Waals surface area contributed by atoms with Crippen LogP contribution in [0.1, 0.15) is 11.3 Å². The fraction of sp³-hybridized carbons (Fsp3) is 0.0952. The van der Waals surface area contributed by atoms with E-state index in [0.29, 0.717) is 17.0 Å². The molecule has 0 spiro atoms. The van der Waals surface area contributed by atoms with E-state index in [0.717, 1.165) is 23.8 Å². The number of pyridine rings is 1. The molecule has 154 valence electrons. The number of halogens is 3. The van der Waals surface area contributed by atoms with Crippen molar-refractivity contribution in [2.75, 3.05) is 0 Å². The lowest BCUT2D eigenvalue weighted by molar-refractivity contribution is -0.139. The van der Waals surface area contributed by atoms with Gasteiger partial charge in [0.2, 0.25) is 10.0 Å². The number of hydrogen-bond acceptors (Lipinski definition) is 3. The number of alkyl halides is 3. The molecule has 9 heteroatoms. The van der Waals surface area contributed by atoms with Gasteiger partial charge in [0, 0.05) is 11.8 Å². The second-order valence-electron chi connectivity index (χ2n) is 6.52. The highest BCUT2D eigenvalue weighted by molar-refractivity contribution is 7.89. The SMILES string of the molecule is O=S(=O)(NCc1c(-c2ccccc2)nc2ccccn12)c1ccccc1C(F)(F)F. The van der Waals surface area contributed by atoms with E-state index in [-0.39, 0.29) is 6.54 Å². The minimum Gasteiger partial charge on any atom is -0.302 e. The molecule has 0 bridgehead atoms. The van der Waals surface area contributed by atoms with E-state index in [1.807, 2.05) is 30.3 Å². The van der Waals surface area contributed by atoms with Gasteiger partial charge in [-0.15, -0.1) is 0 Å². The Balaban J connectivity index is 1.75. The third kappa shape index (κ3) is 3.81. The molecule has 0 amide bonds. The van der Waals surface area contributed by atoms with Gasteiger partial charge in [-0.05, 0) is 24.3 Å². The lowest BCUT2D eigenvalue weighted by atomic mass is 10.1. The van der Waals surface area contributed by atoms with Gasteiger partial charge in [0.05, 0.1) is 28.4 Å². The van der Waals surface area contributed by atoms with Crippen molar-refractivity contribution >= 4 is 15.7 Å². The molecule has 0 unspecified atom stereocenters. The Hall–Kier alpha value is -3.17. The normalized spacial score (nSPS) is 12.4. The molecule has 0 saturated heterocycles. The molecule has 2 aromatic heterocycles. The van der Waals surface area contributed by atoms with E-state index in [2.05, 4.69) is 9.71 Å². The minimum absolute atomic E-state index is 0.232. The summed E-state index contributed by atoms with van der Waals surface area (Å²) in [6.45, 7) is -0.232. The molecular formula is C21H16F3N3O2S. The number of rotatable bonds is 5. The monoisotopic (exact) mass is 431 g/mol. The molecule has 4 rings (SSSR count). The average Bonchev–Trinajstić information content (AvgIpc) is 3.11. The van der Waals surface area contributed by atoms with Gasteiger partial charge in [-0.2, -0.15) is 13.2 Å². The maximum atomic E-state index is 13.3. The highest BCUT2D eigenvalue weighted by Crippen LogP contribution is 2.34. The first-order chi connectivity index (χ1) is 14.3. The zero-order valence-corrected chi connectivity index (χ0v) is 16.3. The Morgan fingerprint density at radius 1 is 0.900 bits per heavy atom. The molecule has 4 aromatic rings. The Morgan fingerprint density at radius 3 is 2.30 bits per heavy atom. The van der Waals surface area contributed by atoms with Crippen LogP contribution in [0.25, 0.3) is 16.9 Å². The van der Waals surface area contributed by atoms with Crippen molar-refractivity contribution in [3.63, 3.8) is 0 Å². The number of benzene rings is 2. The third-order valence-electron chi connectivity index (χ3n) is 4.59. The Morgan fingerprint density at radius 2 is 1.57 bits per heavy atom. The maximum Gasteiger partial charge on any atom is 0.417 e. The molecule has 1 N–H and O–H groups in total. The van der Waals surface area contributed by atoms with Crippen LogP contribution in [0.2, 0.25) is 0 Å². The van der Waals surface area contributed by atoms with Crippen LogP contribution in [0.5, 0.6) is 0 Å². The second kappa shape index (κ2) is 7.58. The summed E-state index contributed by atoms with van der Waals surface area (Å²) in [6.07, 6.45) is -3.06. The number of sulfonamides is 1. The highest BCUT2D eigenvalue weighted by Gasteiger charge is 2.36. The summed E-state index contributed by atoms with van der Waals surface area (Å²) in [4.78, 5) is 3.75. The molecule has 0 aliphatic rings. The van der Waals surface area contributed by atoms with Crippen LogP contribution in [0.15, 0.2) is 83.9 Å². The van der Waals surface area contributed by atoms with Crippen molar-refractivity contribution in [3.05, 3.63) is 90.3 Å². The molecule has 0 aliphatic heterocycles. The van der Waals surface area contributed by atoms with Crippen molar-refractivity contribution in [2.45, 2.75) is 17.6 Å². The van der Waals surface area contributed by atoms with Crippen molar-refractivity contribution in [2.24, 2.45) is 0 Å². The summed E-state index contributed by atoms with van der Waals surface area (Å²) in [5, 5.41) is 0. The van der Waals surface area contributed by atoms with Gasteiger partial charge in [0.1, 0.15) is 5.65 Å². The smallest absolute Gasteiger partial charge is 0.302 e. The predicted molar refractivity (Wildman–Crippen MR) is 106 cm³/mol. The molecular weight excluding hydrogens is 415 g/mol. The number of nitrogens with zero attached hydrogens (tertiary/aromatic N) is 2. The van der Waals surface area contributed by atoms with Gasteiger partial charge in [-0.25, -0.2) is 18.1 Å². The molecule has 0 fully saturated rings. The number of aromatic nitrogens is 2. The van der Waals surface area contributed by atoms with Crippen LogP contribution in [-0.4, -0.2) is 17.8 Å². The van der Waals surface area contributed by atoms with Crippen molar-refractivity contribution in [3.8, 4) is 11.3 Å². The van der Waals surface area contributed by atoms with Gasteiger partial charge in [-0.1, -0.05) is 48.5 Å². The van der Waals surface area contributed by atoms with Crippen LogP contribution >= 0.6 is 0 Å². The zero-order chi connectivity index (χ0) is 21.4. The molecule has 5 nitrogen and oxygen atoms in total. The van der Waals surface area contributed by atoms with Crippen molar-refractivity contribution in [1.29, 1.82) is 0 Å². The first-order valence-electron chi connectivity index (χ1n) is 8.94. The molecule has 30 heavy (non-hydrogen) atoms. The fourth-order valence-electron chi connectivity index (χ4n) is 3.22. The standard InChI is InChI=1S/C21H16F3N3O2S/c22-21(23,24)16-10-4-5-11-18(16)30(28,29)25-14-17-20(15-8-2-1-3-9-15)26-19-12-6-7-13-27(17)19/h1-13,25H,14H2. The first kappa shape index (κ1) is 20.1. The van der Waals surface area contributed by atoms with Crippen LogP contribution in [-0.2, 0) is 22.7 Å². The van der Waals surface area contributed by atoms with Crippen molar-refractivity contribution in [1.82, 2.24) is 14.1 Å². The molecule has 2 aromatic carbocycles. The largest absolute Gasteiger partial charge is 0.417 e. The summed E-state index contributed by atoms with van der Waals surface area (Å²) >= 11 is 0. The summed E-state index contributed by atoms with van der Waals surface area (Å²) in [6, 6.07) is 18.6. The summed E-state index contributed by atoms with van der Waals surface area (Å²) in [5.74, 6) is 0. The Labute approximate surface area is 170 Å². The highest BCUT2D eigenvalue weighted by atomic mass is 32.2. The number of fused-ring (bicyclic) bond motifs is 1. The topological polar surface area (TPSA) is 63.5 Å². The van der Waals surface area contributed by atoms with Crippen molar-refractivity contribution < 1.29 is 21.6 Å². The molecule has 0 saturated carbocycles. The Bertz CT molecular complexity index is 1300. The van der Waals surface area contributed by atoms with Gasteiger partial charge in [-0.3, -0.25) is 0 Å². The van der Waals surface area contributed by atoms with Crippen LogP contribution < -0.4 is 4.72 Å². The van der Waals surface area contributed by atoms with E-state index >= 15 is 0 Å². The van der Waals surface area contributed by atoms with Crippen LogP contribution in [0.4, 0.5) is 13.2 Å². The summed E-state index contributed by atoms with van der Waals surface area (Å²) in [7, 11) is -4.43. The van der Waals surface area contributed by atoms with Gasteiger partial charge >= 0.3 is 6.18 Å². The Kier molecular flexibility index (Phi) is 5.08. The molecule has 2 heterocycles. The average molecular weight is 431 g/mol. The minimum atomic E-state index is -4.79. The second-order valence-corrected chi connectivity index (χ2v) is 8.26.